The zero-order valence-electron chi connectivity index (χ0n) is 10.9. The lowest BCUT2D eigenvalue weighted by Crippen LogP contribution is -2.17. The molecule has 0 heterocycles. The van der Waals surface area contributed by atoms with Crippen molar-refractivity contribution in [3.8, 4) is 23.3 Å². The Kier molecular flexibility index (Phi) is 5.81. The molecule has 1 aromatic rings. The van der Waals surface area contributed by atoms with Crippen molar-refractivity contribution in [2.75, 3.05) is 34.4 Å². The van der Waals surface area contributed by atoms with E-state index < -0.39 is 0 Å². The second-order valence-corrected chi connectivity index (χ2v) is 3.62. The number of ether oxygens (including phenoxy) is 3. The molecular weight excluding hydrogens is 232 g/mol. The van der Waals surface area contributed by atoms with Gasteiger partial charge < -0.3 is 19.5 Å². The van der Waals surface area contributed by atoms with Crippen LogP contribution in [0.1, 0.15) is 5.56 Å². The highest BCUT2D eigenvalue weighted by Gasteiger charge is 2.12. The van der Waals surface area contributed by atoms with E-state index in [1.807, 2.05) is 18.2 Å². The molecule has 0 aromatic heterocycles. The molecule has 1 rings (SSSR count). The van der Waals surface area contributed by atoms with Crippen LogP contribution in [0, 0.1) is 11.3 Å². The summed E-state index contributed by atoms with van der Waals surface area (Å²) < 4.78 is 15.8. The largest absolute Gasteiger partial charge is 0.493 e. The van der Waals surface area contributed by atoms with Crippen molar-refractivity contribution in [1.82, 2.24) is 5.32 Å². The van der Waals surface area contributed by atoms with Gasteiger partial charge in [0.05, 0.1) is 33.9 Å². The number of nitriles is 1. The average Bonchev–Trinajstić information content (AvgIpc) is 2.42. The predicted octanol–water partition coefficient (Wildman–Crippen LogP) is 1.37. The van der Waals surface area contributed by atoms with Gasteiger partial charge in [-0.15, -0.1) is 0 Å². The number of methoxy groups -OCH3 is 3. The first kappa shape index (κ1) is 14.1. The first-order valence-electron chi connectivity index (χ1n) is 5.63. The van der Waals surface area contributed by atoms with Crippen LogP contribution in [0.25, 0.3) is 0 Å². The van der Waals surface area contributed by atoms with Crippen LogP contribution in [0.15, 0.2) is 12.1 Å². The van der Waals surface area contributed by atoms with Crippen LogP contribution >= 0.6 is 0 Å². The summed E-state index contributed by atoms with van der Waals surface area (Å²) in [5.41, 5.74) is 1.06. The smallest absolute Gasteiger partial charge is 0.203 e. The van der Waals surface area contributed by atoms with E-state index in [-0.39, 0.29) is 0 Å². The van der Waals surface area contributed by atoms with Crippen molar-refractivity contribution < 1.29 is 14.2 Å². The van der Waals surface area contributed by atoms with E-state index in [9.17, 15) is 0 Å². The maximum absolute atomic E-state index is 8.43. The number of nitrogens with zero attached hydrogens (tertiary/aromatic N) is 1. The molecular formula is C13H18N2O3. The molecule has 0 aliphatic heterocycles. The summed E-state index contributed by atoms with van der Waals surface area (Å²) in [6.45, 7) is 1.08. The summed E-state index contributed by atoms with van der Waals surface area (Å²) >= 11 is 0. The molecule has 0 atom stereocenters. The summed E-state index contributed by atoms with van der Waals surface area (Å²) in [6.07, 6.45) is 0.790. The second-order valence-electron chi connectivity index (χ2n) is 3.62. The van der Waals surface area contributed by atoms with E-state index in [0.717, 1.165) is 18.5 Å². The fourth-order valence-electron chi connectivity index (χ4n) is 1.66. The van der Waals surface area contributed by atoms with Crippen molar-refractivity contribution in [1.29, 1.82) is 5.26 Å². The third-order valence-electron chi connectivity index (χ3n) is 2.52. The lowest BCUT2D eigenvalue weighted by Gasteiger charge is -2.14. The minimum Gasteiger partial charge on any atom is -0.493 e. The van der Waals surface area contributed by atoms with E-state index in [0.29, 0.717) is 23.8 Å². The molecule has 0 amide bonds. The van der Waals surface area contributed by atoms with Crippen molar-refractivity contribution >= 4 is 0 Å². The first-order chi connectivity index (χ1) is 8.76. The Labute approximate surface area is 107 Å². The van der Waals surface area contributed by atoms with E-state index in [2.05, 4.69) is 5.32 Å². The predicted molar refractivity (Wildman–Crippen MR) is 68.3 cm³/mol. The highest BCUT2D eigenvalue weighted by molar-refractivity contribution is 5.53. The highest BCUT2D eigenvalue weighted by atomic mass is 16.5. The molecule has 98 valence electrons. The van der Waals surface area contributed by atoms with Gasteiger partial charge in [0.2, 0.25) is 5.75 Å². The lowest BCUT2D eigenvalue weighted by atomic mass is 10.1. The standard InChI is InChI=1S/C13H18N2O3/c1-16-11-8-10(4-6-15-7-5-14)9-12(17-2)13(11)18-3/h8-9,15H,4,6-7H2,1-3H3. The molecule has 0 aliphatic carbocycles. The monoisotopic (exact) mass is 250 g/mol. The average molecular weight is 250 g/mol. The molecule has 0 spiro atoms. The van der Waals surface area contributed by atoms with E-state index in [4.69, 9.17) is 19.5 Å². The number of hydrogen-bond donors (Lipinski definition) is 1. The van der Waals surface area contributed by atoms with Crippen molar-refractivity contribution in [2.45, 2.75) is 6.42 Å². The molecule has 0 bridgehead atoms. The SMILES string of the molecule is COc1cc(CCNCC#N)cc(OC)c1OC. The van der Waals surface area contributed by atoms with Crippen LogP contribution in [-0.4, -0.2) is 34.4 Å². The Balaban J connectivity index is 2.83. The van der Waals surface area contributed by atoms with Gasteiger partial charge in [-0.3, -0.25) is 0 Å². The van der Waals surface area contributed by atoms with Gasteiger partial charge in [-0.1, -0.05) is 0 Å². The summed E-state index contributed by atoms with van der Waals surface area (Å²) in [5.74, 6) is 1.88. The third kappa shape index (κ3) is 3.54. The van der Waals surface area contributed by atoms with Crippen LogP contribution in [0.3, 0.4) is 0 Å². The molecule has 5 heteroatoms. The van der Waals surface area contributed by atoms with Gasteiger partial charge in [0.15, 0.2) is 11.5 Å². The van der Waals surface area contributed by atoms with E-state index in [1.54, 1.807) is 21.3 Å². The Bertz CT molecular complexity index is 402. The topological polar surface area (TPSA) is 63.5 Å². The lowest BCUT2D eigenvalue weighted by molar-refractivity contribution is 0.324. The minimum atomic E-state index is 0.352. The summed E-state index contributed by atoms with van der Waals surface area (Å²) in [6, 6.07) is 5.86. The Morgan fingerprint density at radius 1 is 1.11 bits per heavy atom. The fraction of sp³-hybridized carbons (Fsp3) is 0.462. The molecule has 0 saturated carbocycles. The van der Waals surface area contributed by atoms with Gasteiger partial charge in [-0.25, -0.2) is 0 Å². The Hall–Kier alpha value is -1.93. The van der Waals surface area contributed by atoms with Gasteiger partial charge in [0.1, 0.15) is 0 Å². The van der Waals surface area contributed by atoms with Crippen molar-refractivity contribution in [3.05, 3.63) is 17.7 Å². The maximum atomic E-state index is 8.43. The van der Waals surface area contributed by atoms with Crippen molar-refractivity contribution in [2.24, 2.45) is 0 Å². The summed E-state index contributed by atoms with van der Waals surface area (Å²) in [5, 5.41) is 11.4. The highest BCUT2D eigenvalue weighted by Crippen LogP contribution is 2.38. The van der Waals surface area contributed by atoms with Crippen LogP contribution < -0.4 is 19.5 Å². The van der Waals surface area contributed by atoms with Gasteiger partial charge in [-0.2, -0.15) is 5.26 Å². The number of hydrogen-bond acceptors (Lipinski definition) is 5. The molecule has 0 unspecified atom stereocenters. The van der Waals surface area contributed by atoms with Crippen LogP contribution in [-0.2, 0) is 6.42 Å². The molecule has 0 fully saturated rings. The zero-order valence-corrected chi connectivity index (χ0v) is 10.9. The molecule has 18 heavy (non-hydrogen) atoms. The summed E-state index contributed by atoms with van der Waals surface area (Å²) in [4.78, 5) is 0. The first-order valence-corrected chi connectivity index (χ1v) is 5.63. The molecule has 0 saturated heterocycles. The molecule has 0 radical (unpaired) electrons. The van der Waals surface area contributed by atoms with Crippen molar-refractivity contribution in [3.63, 3.8) is 0 Å². The zero-order chi connectivity index (χ0) is 13.4. The van der Waals surface area contributed by atoms with E-state index in [1.165, 1.54) is 0 Å². The number of rotatable bonds is 7. The van der Waals surface area contributed by atoms with Crippen LogP contribution in [0.2, 0.25) is 0 Å². The fourth-order valence-corrected chi connectivity index (χ4v) is 1.66. The third-order valence-corrected chi connectivity index (χ3v) is 2.52. The Morgan fingerprint density at radius 2 is 1.72 bits per heavy atom. The number of nitrogens with one attached hydrogen (secondary N) is 1. The van der Waals surface area contributed by atoms with Crippen LogP contribution in [0.5, 0.6) is 17.2 Å². The quantitative estimate of drug-likeness (QED) is 0.585. The molecule has 1 N–H and O–H groups in total. The van der Waals surface area contributed by atoms with Gasteiger partial charge in [-0.05, 0) is 24.1 Å². The molecule has 5 nitrogen and oxygen atoms in total. The Morgan fingerprint density at radius 3 is 2.17 bits per heavy atom. The normalized spacial score (nSPS) is 9.67. The second kappa shape index (κ2) is 7.41. The van der Waals surface area contributed by atoms with Gasteiger partial charge >= 0.3 is 0 Å². The molecule has 0 aliphatic rings. The van der Waals surface area contributed by atoms with E-state index >= 15 is 0 Å². The minimum absolute atomic E-state index is 0.352. The molecule has 1 aromatic carbocycles. The van der Waals surface area contributed by atoms with Gasteiger partial charge in [0.25, 0.3) is 0 Å². The maximum Gasteiger partial charge on any atom is 0.203 e. The van der Waals surface area contributed by atoms with Crippen LogP contribution in [0.4, 0.5) is 0 Å². The van der Waals surface area contributed by atoms with Gasteiger partial charge in [0, 0.05) is 6.54 Å². The number of benzene rings is 1. The summed E-state index contributed by atoms with van der Waals surface area (Å²) in [7, 11) is 4.76.